The number of rotatable bonds is 7. The van der Waals surface area contributed by atoms with Crippen molar-refractivity contribution in [3.8, 4) is 5.75 Å². The van der Waals surface area contributed by atoms with E-state index < -0.39 is 36.2 Å². The maximum atomic E-state index is 12.8. The second kappa shape index (κ2) is 8.75. The molecule has 0 unspecified atom stereocenters. The summed E-state index contributed by atoms with van der Waals surface area (Å²) in [6.07, 6.45) is -5.60. The topological polar surface area (TPSA) is 81.2 Å². The van der Waals surface area contributed by atoms with E-state index >= 15 is 0 Å². The number of ketones is 1. The Morgan fingerprint density at radius 3 is 2.19 bits per heavy atom. The first kappa shape index (κ1) is 23.5. The minimum Gasteiger partial charge on any atom is -0.405 e. The molecule has 0 saturated heterocycles. The number of benzene rings is 1. The summed E-state index contributed by atoms with van der Waals surface area (Å²) in [5.74, 6) is -3.11. The highest BCUT2D eigenvalue weighted by Gasteiger charge is 2.43. The van der Waals surface area contributed by atoms with E-state index in [0.717, 1.165) is 18.8 Å². The molecule has 1 aromatic carbocycles. The second-order valence-corrected chi connectivity index (χ2v) is 7.35. The van der Waals surface area contributed by atoms with E-state index in [1.165, 1.54) is 17.4 Å². The summed E-state index contributed by atoms with van der Waals surface area (Å²) in [6, 6.07) is 5.84. The first-order valence-corrected chi connectivity index (χ1v) is 9.44. The first-order valence-electron chi connectivity index (χ1n) is 9.44. The number of para-hydroxylation sites is 1. The van der Waals surface area contributed by atoms with E-state index in [9.17, 15) is 35.9 Å². The Labute approximate surface area is 178 Å². The molecule has 0 bridgehead atoms. The summed E-state index contributed by atoms with van der Waals surface area (Å²) in [6.45, 7) is -0.882. The highest BCUT2D eigenvalue weighted by atomic mass is 19.4. The van der Waals surface area contributed by atoms with Crippen LogP contribution >= 0.6 is 0 Å². The molecule has 1 saturated carbocycles. The Hall–Kier alpha value is -3.18. The molecule has 1 aliphatic carbocycles. The molecule has 1 heterocycles. The SMILES string of the molecule is O=C(CNC(=O)C(F)(F)F)c1cnc(CC2(c3ccccc3OC(F)(F)F)CCC2)nc1. The van der Waals surface area contributed by atoms with Gasteiger partial charge in [-0.3, -0.25) is 9.59 Å². The van der Waals surface area contributed by atoms with Crippen LogP contribution in [0.5, 0.6) is 5.75 Å². The summed E-state index contributed by atoms with van der Waals surface area (Å²) < 4.78 is 79.1. The van der Waals surface area contributed by atoms with Crippen LogP contribution in [0.3, 0.4) is 0 Å². The van der Waals surface area contributed by atoms with E-state index in [2.05, 4.69) is 14.7 Å². The van der Waals surface area contributed by atoms with Crippen molar-refractivity contribution in [1.82, 2.24) is 15.3 Å². The lowest BCUT2D eigenvalue weighted by Gasteiger charge is -2.42. The molecule has 0 radical (unpaired) electrons. The fourth-order valence-electron chi connectivity index (χ4n) is 3.52. The number of Topliss-reactive ketones (excluding diaryl/α,β-unsaturated/α-hetero) is 1. The van der Waals surface area contributed by atoms with Gasteiger partial charge in [0, 0.05) is 29.8 Å². The molecule has 3 rings (SSSR count). The molecular weight excluding hydrogens is 444 g/mol. The van der Waals surface area contributed by atoms with E-state index in [1.54, 1.807) is 12.1 Å². The normalized spacial score (nSPS) is 15.6. The van der Waals surface area contributed by atoms with Gasteiger partial charge >= 0.3 is 18.4 Å². The third-order valence-electron chi connectivity index (χ3n) is 5.19. The van der Waals surface area contributed by atoms with Crippen molar-refractivity contribution in [2.45, 2.75) is 43.6 Å². The fraction of sp³-hybridized carbons (Fsp3) is 0.400. The maximum absolute atomic E-state index is 12.8. The highest BCUT2D eigenvalue weighted by Crippen LogP contribution is 2.49. The zero-order chi connectivity index (χ0) is 23.6. The van der Waals surface area contributed by atoms with Crippen LogP contribution in [0.4, 0.5) is 26.3 Å². The molecule has 0 spiro atoms. The molecule has 12 heteroatoms. The largest absolute Gasteiger partial charge is 0.573 e. The Morgan fingerprint density at radius 2 is 1.66 bits per heavy atom. The smallest absolute Gasteiger partial charge is 0.405 e. The zero-order valence-electron chi connectivity index (χ0n) is 16.4. The minimum atomic E-state index is -5.11. The van der Waals surface area contributed by atoms with Crippen LogP contribution in [0, 0.1) is 0 Å². The summed E-state index contributed by atoms with van der Waals surface area (Å²) >= 11 is 0. The molecule has 0 aliphatic heterocycles. The van der Waals surface area contributed by atoms with Gasteiger partial charge in [0.2, 0.25) is 0 Å². The molecule has 172 valence electrons. The zero-order valence-corrected chi connectivity index (χ0v) is 16.4. The summed E-state index contributed by atoms with van der Waals surface area (Å²) in [4.78, 5) is 30.8. The lowest BCUT2D eigenvalue weighted by molar-refractivity contribution is -0.275. The van der Waals surface area contributed by atoms with Crippen molar-refractivity contribution in [2.24, 2.45) is 0 Å². The minimum absolute atomic E-state index is 0.111. The van der Waals surface area contributed by atoms with Crippen LogP contribution < -0.4 is 10.1 Å². The average molecular weight is 461 g/mol. The van der Waals surface area contributed by atoms with Gasteiger partial charge in [0.1, 0.15) is 11.6 Å². The third kappa shape index (κ3) is 5.54. The Kier molecular flexibility index (Phi) is 6.42. The lowest BCUT2D eigenvalue weighted by Crippen LogP contribution is -2.39. The van der Waals surface area contributed by atoms with Gasteiger partial charge in [-0.2, -0.15) is 13.2 Å². The molecule has 0 atom stereocenters. The van der Waals surface area contributed by atoms with Gasteiger partial charge in [-0.05, 0) is 18.9 Å². The molecule has 1 amide bonds. The molecule has 1 aromatic heterocycles. The van der Waals surface area contributed by atoms with Crippen LogP contribution in [-0.4, -0.2) is 40.7 Å². The number of aromatic nitrogens is 2. The highest BCUT2D eigenvalue weighted by molar-refractivity contribution is 5.99. The Morgan fingerprint density at radius 1 is 1.03 bits per heavy atom. The second-order valence-electron chi connectivity index (χ2n) is 7.35. The van der Waals surface area contributed by atoms with Gasteiger partial charge in [-0.25, -0.2) is 9.97 Å². The maximum Gasteiger partial charge on any atom is 0.573 e. The number of alkyl halides is 6. The monoisotopic (exact) mass is 461 g/mol. The van der Waals surface area contributed by atoms with Crippen LogP contribution in [-0.2, 0) is 16.6 Å². The third-order valence-corrected chi connectivity index (χ3v) is 5.19. The first-order chi connectivity index (χ1) is 14.9. The summed E-state index contributed by atoms with van der Waals surface area (Å²) in [5, 5.41) is 1.46. The van der Waals surface area contributed by atoms with Crippen molar-refractivity contribution >= 4 is 11.7 Å². The van der Waals surface area contributed by atoms with Crippen molar-refractivity contribution in [1.29, 1.82) is 0 Å². The van der Waals surface area contributed by atoms with Gasteiger partial charge < -0.3 is 10.1 Å². The molecule has 6 nitrogen and oxygen atoms in total. The molecule has 1 N–H and O–H groups in total. The standard InChI is InChI=1S/C20H17F6N3O3/c21-19(22,23)17(31)29-11-14(30)12-9-27-16(28-10-12)8-18(6-3-7-18)13-4-1-2-5-15(13)32-20(24,25)26/h1-2,4-5,9-10H,3,6-8,11H2,(H,29,31). The number of ether oxygens (including phenoxy) is 1. The molecule has 2 aromatic rings. The Balaban J connectivity index is 1.72. The van der Waals surface area contributed by atoms with Gasteiger partial charge in [-0.15, -0.1) is 13.2 Å². The van der Waals surface area contributed by atoms with E-state index in [0.29, 0.717) is 18.4 Å². The number of nitrogens with zero attached hydrogens (tertiary/aromatic N) is 2. The fourth-order valence-corrected chi connectivity index (χ4v) is 3.52. The van der Waals surface area contributed by atoms with Gasteiger partial charge in [0.05, 0.1) is 12.1 Å². The quantitative estimate of drug-likeness (QED) is 0.500. The molecule has 1 aliphatic rings. The lowest BCUT2D eigenvalue weighted by atomic mass is 9.62. The van der Waals surface area contributed by atoms with Crippen LogP contribution in [0.1, 0.15) is 41.0 Å². The number of halogens is 6. The van der Waals surface area contributed by atoms with Crippen LogP contribution in [0.2, 0.25) is 0 Å². The van der Waals surface area contributed by atoms with Crippen molar-refractivity contribution in [3.05, 3.63) is 53.6 Å². The van der Waals surface area contributed by atoms with Gasteiger partial charge in [0.15, 0.2) is 5.78 Å². The van der Waals surface area contributed by atoms with E-state index in [4.69, 9.17) is 0 Å². The molecule has 1 fully saturated rings. The number of nitrogens with one attached hydrogen (secondary N) is 1. The van der Waals surface area contributed by atoms with E-state index in [1.807, 2.05) is 0 Å². The predicted molar refractivity (Wildman–Crippen MR) is 97.8 cm³/mol. The molecule has 32 heavy (non-hydrogen) atoms. The van der Waals surface area contributed by atoms with Crippen molar-refractivity contribution < 1.29 is 40.7 Å². The number of hydrogen-bond donors (Lipinski definition) is 1. The predicted octanol–water partition coefficient (Wildman–Crippen LogP) is 3.90. The molecular formula is C20H17F6N3O3. The Bertz CT molecular complexity index is 985. The van der Waals surface area contributed by atoms with Gasteiger partial charge in [-0.1, -0.05) is 24.6 Å². The number of amides is 1. The van der Waals surface area contributed by atoms with E-state index in [-0.39, 0.29) is 23.6 Å². The van der Waals surface area contributed by atoms with Crippen LogP contribution in [0.15, 0.2) is 36.7 Å². The summed E-state index contributed by atoms with van der Waals surface area (Å²) in [5.41, 5.74) is -0.407. The number of hydrogen-bond acceptors (Lipinski definition) is 5. The van der Waals surface area contributed by atoms with Crippen molar-refractivity contribution in [2.75, 3.05) is 6.54 Å². The van der Waals surface area contributed by atoms with Crippen LogP contribution in [0.25, 0.3) is 0 Å². The van der Waals surface area contributed by atoms with Gasteiger partial charge in [0.25, 0.3) is 0 Å². The number of carbonyl (C=O) groups is 2. The summed E-state index contributed by atoms with van der Waals surface area (Å²) in [7, 11) is 0. The average Bonchev–Trinajstić information content (AvgIpc) is 2.68. The number of carbonyl (C=O) groups excluding carboxylic acids is 2. The van der Waals surface area contributed by atoms with Crippen molar-refractivity contribution in [3.63, 3.8) is 0 Å².